The van der Waals surface area contributed by atoms with Crippen molar-refractivity contribution in [2.75, 3.05) is 14.2 Å². The molecule has 0 radical (unpaired) electrons. The summed E-state index contributed by atoms with van der Waals surface area (Å²) < 4.78 is 7.19. The Morgan fingerprint density at radius 1 is 1.47 bits per heavy atom. The van der Waals surface area contributed by atoms with Gasteiger partial charge in [0, 0.05) is 7.05 Å². The summed E-state index contributed by atoms with van der Waals surface area (Å²) in [4.78, 5) is 0. The standard InChI is InChI=1S/C11H21N3O/c1-11(2,3)10(12-4)9-8(15-6)7-13-14(9)5/h7,10,12H,1-6H3. The lowest BCUT2D eigenvalue weighted by molar-refractivity contribution is 0.266. The van der Waals surface area contributed by atoms with Crippen LogP contribution in [0.25, 0.3) is 0 Å². The van der Waals surface area contributed by atoms with Crippen molar-refractivity contribution in [2.45, 2.75) is 26.8 Å². The van der Waals surface area contributed by atoms with Crippen LogP contribution in [0.4, 0.5) is 0 Å². The van der Waals surface area contributed by atoms with Crippen LogP contribution in [0.15, 0.2) is 6.20 Å². The number of nitrogens with one attached hydrogen (secondary N) is 1. The Hall–Kier alpha value is -1.03. The summed E-state index contributed by atoms with van der Waals surface area (Å²) >= 11 is 0. The van der Waals surface area contributed by atoms with Crippen LogP contribution in [0.2, 0.25) is 0 Å². The Morgan fingerprint density at radius 3 is 2.47 bits per heavy atom. The molecule has 0 bridgehead atoms. The number of aromatic nitrogens is 2. The maximum atomic E-state index is 5.32. The Bertz CT molecular complexity index is 325. The van der Waals surface area contributed by atoms with E-state index in [9.17, 15) is 0 Å². The fraction of sp³-hybridized carbons (Fsp3) is 0.727. The normalized spacial score (nSPS) is 14.0. The summed E-state index contributed by atoms with van der Waals surface area (Å²) in [7, 11) is 5.58. The molecule has 1 heterocycles. The van der Waals surface area contributed by atoms with Crippen LogP contribution >= 0.6 is 0 Å². The van der Waals surface area contributed by atoms with Crippen molar-refractivity contribution in [1.29, 1.82) is 0 Å². The summed E-state index contributed by atoms with van der Waals surface area (Å²) in [5, 5.41) is 7.54. The highest BCUT2D eigenvalue weighted by molar-refractivity contribution is 5.29. The third-order valence-electron chi connectivity index (χ3n) is 2.60. The number of hydrogen-bond donors (Lipinski definition) is 1. The Morgan fingerprint density at radius 2 is 2.07 bits per heavy atom. The van der Waals surface area contributed by atoms with Crippen LogP contribution in [-0.4, -0.2) is 23.9 Å². The third-order valence-corrected chi connectivity index (χ3v) is 2.60. The SMILES string of the molecule is CNC(c1c(OC)cnn1C)C(C)(C)C. The molecule has 0 aliphatic carbocycles. The minimum Gasteiger partial charge on any atom is -0.493 e. The lowest BCUT2D eigenvalue weighted by Crippen LogP contribution is -2.31. The van der Waals surface area contributed by atoms with Gasteiger partial charge in [0.05, 0.1) is 25.0 Å². The number of aryl methyl sites for hydroxylation is 1. The van der Waals surface area contributed by atoms with Crippen molar-refractivity contribution in [2.24, 2.45) is 12.5 Å². The van der Waals surface area contributed by atoms with Gasteiger partial charge in [0.15, 0.2) is 5.75 Å². The highest BCUT2D eigenvalue weighted by atomic mass is 16.5. The first-order valence-electron chi connectivity index (χ1n) is 5.15. The van der Waals surface area contributed by atoms with E-state index in [4.69, 9.17) is 4.74 Å². The van der Waals surface area contributed by atoms with Crippen molar-refractivity contribution in [3.8, 4) is 5.75 Å². The van der Waals surface area contributed by atoms with E-state index in [1.807, 2.05) is 18.8 Å². The van der Waals surface area contributed by atoms with Crippen LogP contribution in [0.1, 0.15) is 32.5 Å². The third kappa shape index (κ3) is 2.31. The first-order valence-corrected chi connectivity index (χ1v) is 5.15. The lowest BCUT2D eigenvalue weighted by Gasteiger charge is -2.30. The predicted octanol–water partition coefficient (Wildman–Crippen LogP) is 1.74. The maximum Gasteiger partial charge on any atom is 0.161 e. The number of rotatable bonds is 3. The van der Waals surface area contributed by atoms with Crippen LogP contribution in [0, 0.1) is 5.41 Å². The molecule has 1 atom stereocenters. The summed E-state index contributed by atoms with van der Waals surface area (Å²) in [5.74, 6) is 0.840. The van der Waals surface area contributed by atoms with E-state index >= 15 is 0 Å². The summed E-state index contributed by atoms with van der Waals surface area (Å²) in [5.41, 5.74) is 1.21. The molecule has 0 aliphatic heterocycles. The van der Waals surface area contributed by atoms with Gasteiger partial charge in [-0.15, -0.1) is 0 Å². The van der Waals surface area contributed by atoms with Crippen molar-refractivity contribution in [1.82, 2.24) is 15.1 Å². The Balaban J connectivity index is 3.16. The van der Waals surface area contributed by atoms with Gasteiger partial charge in [-0.1, -0.05) is 20.8 Å². The van der Waals surface area contributed by atoms with Crippen LogP contribution in [0.3, 0.4) is 0 Å². The van der Waals surface area contributed by atoms with Crippen molar-refractivity contribution < 1.29 is 4.74 Å². The molecule has 0 saturated carbocycles. The topological polar surface area (TPSA) is 39.1 Å². The van der Waals surface area contributed by atoms with Gasteiger partial charge in [-0.2, -0.15) is 5.10 Å². The largest absolute Gasteiger partial charge is 0.493 e. The highest BCUT2D eigenvalue weighted by Gasteiger charge is 2.30. The van der Waals surface area contributed by atoms with Gasteiger partial charge >= 0.3 is 0 Å². The molecule has 1 unspecified atom stereocenters. The number of nitrogens with zero attached hydrogens (tertiary/aromatic N) is 2. The fourth-order valence-corrected chi connectivity index (χ4v) is 1.89. The van der Waals surface area contributed by atoms with Crippen molar-refractivity contribution in [3.05, 3.63) is 11.9 Å². The van der Waals surface area contributed by atoms with Gasteiger partial charge in [0.25, 0.3) is 0 Å². The predicted molar refractivity (Wildman–Crippen MR) is 61.0 cm³/mol. The lowest BCUT2D eigenvalue weighted by atomic mass is 9.84. The maximum absolute atomic E-state index is 5.32. The van der Waals surface area contributed by atoms with E-state index < -0.39 is 0 Å². The van der Waals surface area contributed by atoms with E-state index in [1.54, 1.807) is 13.3 Å². The molecule has 1 N–H and O–H groups in total. The minimum atomic E-state index is 0.121. The molecular formula is C11H21N3O. The first kappa shape index (κ1) is 12.0. The number of hydrogen-bond acceptors (Lipinski definition) is 3. The molecule has 0 fully saturated rings. The van der Waals surface area contributed by atoms with Crippen LogP contribution in [-0.2, 0) is 7.05 Å². The quantitative estimate of drug-likeness (QED) is 0.827. The van der Waals surface area contributed by atoms with Crippen LogP contribution < -0.4 is 10.1 Å². The van der Waals surface area contributed by atoms with Gasteiger partial charge in [-0.25, -0.2) is 0 Å². The van der Waals surface area contributed by atoms with Crippen molar-refractivity contribution in [3.63, 3.8) is 0 Å². The van der Waals surface area contributed by atoms with E-state index in [0.717, 1.165) is 11.4 Å². The smallest absolute Gasteiger partial charge is 0.161 e. The van der Waals surface area contributed by atoms with Gasteiger partial charge in [-0.3, -0.25) is 4.68 Å². The average Bonchev–Trinajstić information content (AvgIpc) is 2.47. The molecule has 4 heteroatoms. The zero-order chi connectivity index (χ0) is 11.6. The van der Waals surface area contributed by atoms with E-state index in [-0.39, 0.29) is 11.5 Å². The Kier molecular flexibility index (Phi) is 3.39. The fourth-order valence-electron chi connectivity index (χ4n) is 1.89. The van der Waals surface area contributed by atoms with Crippen molar-refractivity contribution >= 4 is 0 Å². The first-order chi connectivity index (χ1) is 6.91. The van der Waals surface area contributed by atoms with Gasteiger partial charge in [0.2, 0.25) is 0 Å². The molecule has 15 heavy (non-hydrogen) atoms. The monoisotopic (exact) mass is 211 g/mol. The molecule has 4 nitrogen and oxygen atoms in total. The van der Waals surface area contributed by atoms with Gasteiger partial charge in [0.1, 0.15) is 0 Å². The molecule has 0 amide bonds. The number of ether oxygens (including phenoxy) is 1. The molecule has 1 aromatic rings. The molecule has 1 rings (SSSR count). The average molecular weight is 211 g/mol. The van der Waals surface area contributed by atoms with Gasteiger partial charge < -0.3 is 10.1 Å². The highest BCUT2D eigenvalue weighted by Crippen LogP contribution is 2.36. The second-order valence-electron chi connectivity index (χ2n) is 4.81. The molecule has 0 aromatic carbocycles. The van der Waals surface area contributed by atoms with E-state index in [0.29, 0.717) is 0 Å². The Labute approximate surface area is 91.6 Å². The minimum absolute atomic E-state index is 0.121. The zero-order valence-electron chi connectivity index (χ0n) is 10.5. The summed E-state index contributed by atoms with van der Waals surface area (Å²) in [6.45, 7) is 6.59. The molecule has 0 spiro atoms. The van der Waals surface area contributed by atoms with E-state index in [2.05, 4.69) is 31.2 Å². The summed E-state index contributed by atoms with van der Waals surface area (Å²) in [6.07, 6.45) is 1.76. The second kappa shape index (κ2) is 4.23. The van der Waals surface area contributed by atoms with E-state index in [1.165, 1.54) is 0 Å². The van der Waals surface area contributed by atoms with Crippen LogP contribution in [0.5, 0.6) is 5.75 Å². The zero-order valence-corrected chi connectivity index (χ0v) is 10.5. The molecular weight excluding hydrogens is 190 g/mol. The summed E-state index contributed by atoms with van der Waals surface area (Å²) in [6, 6.07) is 0.222. The number of methoxy groups -OCH3 is 1. The molecule has 0 saturated heterocycles. The second-order valence-corrected chi connectivity index (χ2v) is 4.81. The molecule has 0 aliphatic rings. The molecule has 1 aromatic heterocycles. The van der Waals surface area contributed by atoms with Gasteiger partial charge in [-0.05, 0) is 12.5 Å². The molecule has 86 valence electrons.